The number of nitrogens with one attached hydrogen (secondary N) is 1. The number of nitrogens with zero attached hydrogens (tertiary/aromatic N) is 2. The van der Waals surface area contributed by atoms with E-state index in [1.165, 1.54) is 11.8 Å². The van der Waals surface area contributed by atoms with E-state index in [0.717, 1.165) is 30.4 Å². The van der Waals surface area contributed by atoms with Crippen molar-refractivity contribution in [1.82, 2.24) is 15.0 Å². The molecule has 5 unspecified atom stereocenters. The van der Waals surface area contributed by atoms with E-state index < -0.39 is 17.1 Å². The summed E-state index contributed by atoms with van der Waals surface area (Å²) >= 11 is 1.26. The molecule has 4 aliphatic rings. The number of hydrogen-bond acceptors (Lipinski definition) is 8. The van der Waals surface area contributed by atoms with Crippen LogP contribution in [0.4, 0.5) is 0 Å². The monoisotopic (exact) mass is 523 g/mol. The van der Waals surface area contributed by atoms with E-state index in [4.69, 9.17) is 4.74 Å². The number of H-pyrrole nitrogens is 1. The molecule has 2 aromatic rings. The molecule has 2 aromatic heterocycles. The molecular weight excluding hydrogens is 490 g/mol. The molecule has 4 aliphatic carbocycles. The molecule has 0 aliphatic heterocycles. The third-order valence-corrected chi connectivity index (χ3v) is 10.8. The second-order valence-electron chi connectivity index (χ2n) is 11.6. The first-order valence-electron chi connectivity index (χ1n) is 13.0. The summed E-state index contributed by atoms with van der Waals surface area (Å²) < 4.78 is 5.16. The number of hydrogen-bond donors (Lipinski definition) is 3. The van der Waals surface area contributed by atoms with Crippen LogP contribution >= 0.6 is 11.8 Å². The van der Waals surface area contributed by atoms with Gasteiger partial charge in [0.15, 0.2) is 22.4 Å². The minimum absolute atomic E-state index is 0.0128. The minimum Gasteiger partial charge on any atom is -0.481 e. The summed E-state index contributed by atoms with van der Waals surface area (Å²) in [5.74, 6) is 0.627. The van der Waals surface area contributed by atoms with Crippen LogP contribution in [-0.2, 0) is 9.59 Å². The van der Waals surface area contributed by atoms with Gasteiger partial charge in [-0.05, 0) is 62.2 Å². The van der Waals surface area contributed by atoms with Gasteiger partial charge in [0.25, 0.3) is 0 Å². The number of methoxy groups -OCH3 is 1. The van der Waals surface area contributed by atoms with E-state index >= 15 is 0 Å². The topological polar surface area (TPSA) is 125 Å². The van der Waals surface area contributed by atoms with Crippen molar-refractivity contribution >= 4 is 34.5 Å². The average molecular weight is 524 g/mol. The predicted molar refractivity (Wildman–Crippen MR) is 139 cm³/mol. The zero-order valence-corrected chi connectivity index (χ0v) is 22.2. The Bertz CT molecular complexity index is 1350. The van der Waals surface area contributed by atoms with Crippen LogP contribution in [0.1, 0.15) is 46.0 Å². The number of aliphatic hydroxyl groups excluding tert-OH is 1. The summed E-state index contributed by atoms with van der Waals surface area (Å²) in [5, 5.41) is 24.0. The van der Waals surface area contributed by atoms with E-state index in [2.05, 4.69) is 21.9 Å². The van der Waals surface area contributed by atoms with Crippen molar-refractivity contribution in [2.45, 2.75) is 62.8 Å². The Balaban J connectivity index is 1.23. The third kappa shape index (κ3) is 3.57. The fourth-order valence-corrected chi connectivity index (χ4v) is 8.92. The number of pyridine rings is 1. The van der Waals surface area contributed by atoms with Crippen LogP contribution < -0.4 is 4.74 Å². The molecule has 0 spiro atoms. The van der Waals surface area contributed by atoms with Gasteiger partial charge in [-0.25, -0.2) is 4.98 Å². The molecule has 0 bridgehead atoms. The number of fused-ring (bicyclic) bond motifs is 6. The van der Waals surface area contributed by atoms with Gasteiger partial charge in [0, 0.05) is 22.8 Å². The molecule has 0 radical (unpaired) electrons. The number of carbonyl (C=O) groups excluding carboxylic acids is 2. The normalized spacial score (nSPS) is 38.6. The maximum atomic E-state index is 13.6. The summed E-state index contributed by atoms with van der Waals surface area (Å²) in [5.41, 5.74) is -0.209. The van der Waals surface area contributed by atoms with Crippen LogP contribution in [0.2, 0.25) is 0 Å². The Labute approximate surface area is 220 Å². The van der Waals surface area contributed by atoms with Crippen LogP contribution in [0.25, 0.3) is 11.2 Å². The number of rotatable bonds is 5. The maximum absolute atomic E-state index is 13.6. The summed E-state index contributed by atoms with van der Waals surface area (Å²) in [7, 11) is 1.55. The van der Waals surface area contributed by atoms with Crippen molar-refractivity contribution in [3.8, 4) is 5.88 Å². The van der Waals surface area contributed by atoms with E-state index in [1.54, 1.807) is 25.3 Å². The number of aliphatic hydroxyl groups is 2. The molecule has 0 aromatic carbocycles. The van der Waals surface area contributed by atoms with Gasteiger partial charge in [-0.15, -0.1) is 0 Å². The van der Waals surface area contributed by atoms with Crippen molar-refractivity contribution in [1.29, 1.82) is 0 Å². The highest BCUT2D eigenvalue weighted by atomic mass is 32.2. The SMILES string of the molecule is COc1ccc2[nH]c(SCC(=O)[C@@]3(O)CCC4C5CCC6=CC(=O)C=CC6(C)C5[C@@H](O)CC43C)nc2n1. The number of ether oxygens (including phenoxy) is 1. The zero-order chi connectivity index (χ0) is 26.2. The number of ketones is 2. The molecule has 9 heteroatoms. The largest absolute Gasteiger partial charge is 0.481 e. The highest BCUT2D eigenvalue weighted by Gasteiger charge is 2.67. The van der Waals surface area contributed by atoms with Crippen molar-refractivity contribution in [3.63, 3.8) is 0 Å². The lowest BCUT2D eigenvalue weighted by Crippen LogP contribution is -2.61. The van der Waals surface area contributed by atoms with E-state index in [0.29, 0.717) is 29.5 Å². The standard InChI is InChI=1S/C28H33N3O5S/c1-26-10-8-16(32)12-15(26)4-5-17-18-9-11-28(35,27(18,2)13-20(33)23(17)26)21(34)14-37-25-29-19-6-7-22(36-3)30-24(19)31-25/h6-8,10,12,17-18,20,23,33,35H,4-5,9,11,13-14H2,1-3H3,(H,29,30,31)/t17?,18?,20-,23?,26?,27?,28-/m0/s1. The fourth-order valence-electron chi connectivity index (χ4n) is 8.08. The van der Waals surface area contributed by atoms with Gasteiger partial charge in [-0.2, -0.15) is 4.98 Å². The molecule has 0 amide bonds. The molecule has 8 nitrogen and oxygen atoms in total. The van der Waals surface area contributed by atoms with Gasteiger partial charge in [0.1, 0.15) is 5.60 Å². The van der Waals surface area contributed by atoms with Gasteiger partial charge < -0.3 is 19.9 Å². The Morgan fingerprint density at radius 1 is 1.27 bits per heavy atom. The molecule has 37 heavy (non-hydrogen) atoms. The Kier molecular flexibility index (Phi) is 5.71. The van der Waals surface area contributed by atoms with Gasteiger partial charge in [0.05, 0.1) is 24.5 Å². The first kappa shape index (κ1) is 24.8. The number of aromatic nitrogens is 3. The molecule has 0 saturated heterocycles. The van der Waals surface area contributed by atoms with Gasteiger partial charge in [-0.1, -0.05) is 37.3 Å². The number of allylic oxidation sites excluding steroid dienone is 4. The van der Waals surface area contributed by atoms with Crippen molar-refractivity contribution in [2.24, 2.45) is 28.6 Å². The van der Waals surface area contributed by atoms with Crippen LogP contribution in [-0.4, -0.2) is 61.3 Å². The van der Waals surface area contributed by atoms with Crippen molar-refractivity contribution < 1.29 is 24.5 Å². The lowest BCUT2D eigenvalue weighted by molar-refractivity contribution is -0.174. The zero-order valence-electron chi connectivity index (χ0n) is 21.4. The maximum Gasteiger partial charge on any atom is 0.215 e. The average Bonchev–Trinajstić information content (AvgIpc) is 3.40. The lowest BCUT2D eigenvalue weighted by atomic mass is 9.46. The number of imidazole rings is 1. The van der Waals surface area contributed by atoms with Gasteiger partial charge >= 0.3 is 0 Å². The number of carbonyl (C=O) groups is 2. The highest BCUT2D eigenvalue weighted by Crippen LogP contribution is 2.67. The van der Waals surface area contributed by atoms with Crippen LogP contribution in [0.15, 0.2) is 41.1 Å². The molecule has 3 saturated carbocycles. The van der Waals surface area contributed by atoms with Gasteiger partial charge in [-0.3, -0.25) is 9.59 Å². The van der Waals surface area contributed by atoms with E-state index in [1.807, 2.05) is 19.1 Å². The second kappa shape index (κ2) is 8.51. The first-order valence-corrected chi connectivity index (χ1v) is 14.0. The third-order valence-electron chi connectivity index (χ3n) is 9.96. The van der Waals surface area contributed by atoms with Crippen LogP contribution in [0.5, 0.6) is 5.88 Å². The number of thioether (sulfide) groups is 1. The van der Waals surface area contributed by atoms with E-state index in [-0.39, 0.29) is 40.5 Å². The molecule has 6 rings (SSSR count). The summed E-state index contributed by atoms with van der Waals surface area (Å²) in [6.45, 7) is 4.13. The molecule has 3 N–H and O–H groups in total. The molecule has 196 valence electrons. The first-order chi connectivity index (χ1) is 17.6. The summed E-state index contributed by atoms with van der Waals surface area (Å²) in [4.78, 5) is 37.6. The minimum atomic E-state index is -1.50. The van der Waals surface area contributed by atoms with Crippen LogP contribution in [0.3, 0.4) is 0 Å². The van der Waals surface area contributed by atoms with Crippen LogP contribution in [0, 0.1) is 28.6 Å². The van der Waals surface area contributed by atoms with Crippen molar-refractivity contribution in [3.05, 3.63) is 35.9 Å². The highest BCUT2D eigenvalue weighted by molar-refractivity contribution is 7.99. The second-order valence-corrected chi connectivity index (χ2v) is 12.6. The molecule has 2 heterocycles. The smallest absolute Gasteiger partial charge is 0.215 e. The predicted octanol–water partition coefficient (Wildman–Crippen LogP) is 3.64. The Morgan fingerprint density at radius 2 is 2.08 bits per heavy atom. The Hall–Kier alpha value is -2.49. The number of Topliss-reactive ketones (excluding diaryl/α,β-unsaturated/α-hetero) is 1. The van der Waals surface area contributed by atoms with Gasteiger partial charge in [0.2, 0.25) is 5.88 Å². The fraction of sp³-hybridized carbons (Fsp3) is 0.571. The summed E-state index contributed by atoms with van der Waals surface area (Å²) in [6, 6.07) is 3.58. The lowest BCUT2D eigenvalue weighted by Gasteiger charge is -2.59. The molecule has 3 fully saturated rings. The molecule has 7 atom stereocenters. The quantitative estimate of drug-likeness (QED) is 0.508. The Morgan fingerprint density at radius 3 is 2.86 bits per heavy atom. The summed E-state index contributed by atoms with van der Waals surface area (Å²) in [6.07, 6.45) is 7.87. The number of aromatic amines is 1. The molecular formula is C28H33N3O5S. The van der Waals surface area contributed by atoms with Crippen molar-refractivity contribution in [2.75, 3.05) is 12.9 Å². The van der Waals surface area contributed by atoms with E-state index in [9.17, 15) is 19.8 Å².